The van der Waals surface area contributed by atoms with Gasteiger partial charge in [0, 0.05) is 23.0 Å². The van der Waals surface area contributed by atoms with Crippen molar-refractivity contribution in [2.75, 3.05) is 12.3 Å². The van der Waals surface area contributed by atoms with Crippen LogP contribution in [0.3, 0.4) is 0 Å². The molecule has 2 aromatic rings. The highest BCUT2D eigenvalue weighted by atomic mass is 32.2. The van der Waals surface area contributed by atoms with E-state index in [1.54, 1.807) is 11.3 Å². The van der Waals surface area contributed by atoms with Crippen molar-refractivity contribution in [1.29, 1.82) is 0 Å². The first-order chi connectivity index (χ1) is 10.7. The molecule has 0 atom stereocenters. The van der Waals surface area contributed by atoms with Crippen molar-refractivity contribution in [1.82, 2.24) is 10.3 Å². The predicted molar refractivity (Wildman–Crippen MR) is 92.6 cm³/mol. The maximum atomic E-state index is 12.1. The molecule has 0 bridgehead atoms. The summed E-state index contributed by atoms with van der Waals surface area (Å²) in [5.74, 6) is 0.540. The average molecular weight is 332 g/mol. The summed E-state index contributed by atoms with van der Waals surface area (Å²) in [6.07, 6.45) is 3.57. The van der Waals surface area contributed by atoms with E-state index >= 15 is 0 Å². The zero-order chi connectivity index (χ0) is 15.4. The monoisotopic (exact) mass is 332 g/mol. The highest BCUT2D eigenvalue weighted by Gasteiger charge is 2.38. The van der Waals surface area contributed by atoms with Gasteiger partial charge in [-0.15, -0.1) is 11.3 Å². The van der Waals surface area contributed by atoms with Crippen LogP contribution in [0.2, 0.25) is 0 Å². The smallest absolute Gasteiger partial charge is 0.230 e. The summed E-state index contributed by atoms with van der Waals surface area (Å²) in [5.41, 5.74) is 2.52. The number of thiazole rings is 1. The molecule has 22 heavy (non-hydrogen) atoms. The zero-order valence-corrected chi connectivity index (χ0v) is 14.3. The third-order valence-electron chi connectivity index (χ3n) is 4.25. The quantitative estimate of drug-likeness (QED) is 0.819. The molecule has 1 fully saturated rings. The van der Waals surface area contributed by atoms with Crippen molar-refractivity contribution >= 4 is 29.0 Å². The Kier molecular flexibility index (Phi) is 4.84. The van der Waals surface area contributed by atoms with Crippen molar-refractivity contribution in [2.45, 2.75) is 35.9 Å². The number of thioether (sulfide) groups is 1. The van der Waals surface area contributed by atoms with Gasteiger partial charge >= 0.3 is 0 Å². The van der Waals surface area contributed by atoms with Gasteiger partial charge in [0.25, 0.3) is 0 Å². The highest BCUT2D eigenvalue weighted by molar-refractivity contribution is 8.01. The third-order valence-corrected chi connectivity index (χ3v) is 6.38. The lowest BCUT2D eigenvalue weighted by Gasteiger charge is -2.42. The largest absolute Gasteiger partial charge is 0.354 e. The van der Waals surface area contributed by atoms with Gasteiger partial charge in [-0.1, -0.05) is 48.5 Å². The number of nitrogens with one attached hydrogen (secondary N) is 1. The molecule has 5 heteroatoms. The molecule has 3 rings (SSSR count). The van der Waals surface area contributed by atoms with Crippen LogP contribution in [0.5, 0.6) is 0 Å². The Bertz CT molecular complexity index is 635. The number of rotatable bonds is 6. The first-order valence-corrected chi connectivity index (χ1v) is 9.42. The molecule has 0 spiro atoms. The molecule has 1 saturated carbocycles. The number of amides is 1. The van der Waals surface area contributed by atoms with Gasteiger partial charge in [0.15, 0.2) is 4.34 Å². The maximum Gasteiger partial charge on any atom is 0.230 e. The fourth-order valence-electron chi connectivity index (χ4n) is 2.81. The lowest BCUT2D eigenvalue weighted by atomic mass is 9.64. The van der Waals surface area contributed by atoms with Crippen molar-refractivity contribution in [3.8, 4) is 0 Å². The average Bonchev–Trinajstić information content (AvgIpc) is 2.91. The molecule has 116 valence electrons. The van der Waals surface area contributed by atoms with Crippen LogP contribution in [0.1, 0.15) is 30.5 Å². The molecule has 0 saturated heterocycles. The Labute approximate surface area is 139 Å². The molecule has 1 aromatic heterocycles. The van der Waals surface area contributed by atoms with Crippen LogP contribution in [-0.2, 0) is 10.2 Å². The maximum absolute atomic E-state index is 12.1. The van der Waals surface area contributed by atoms with E-state index in [9.17, 15) is 4.79 Å². The summed E-state index contributed by atoms with van der Waals surface area (Å²) in [7, 11) is 0. The molecule has 1 amide bonds. The standard InChI is InChI=1S/C17H20N2OS2/c1-13-10-21-16(19-13)22-11-15(20)18-12-17(8-5-9-17)14-6-3-2-4-7-14/h2-4,6-7,10H,5,8-9,11-12H2,1H3,(H,18,20). The molecular weight excluding hydrogens is 312 g/mol. The Morgan fingerprint density at radius 2 is 2.14 bits per heavy atom. The number of nitrogens with zero attached hydrogens (tertiary/aromatic N) is 1. The lowest BCUT2D eigenvalue weighted by Crippen LogP contribution is -2.46. The molecule has 0 radical (unpaired) electrons. The number of aromatic nitrogens is 1. The van der Waals surface area contributed by atoms with Gasteiger partial charge in [-0.25, -0.2) is 4.98 Å². The van der Waals surface area contributed by atoms with Gasteiger partial charge < -0.3 is 5.32 Å². The van der Waals surface area contributed by atoms with Crippen LogP contribution in [0.15, 0.2) is 40.1 Å². The van der Waals surface area contributed by atoms with E-state index in [-0.39, 0.29) is 11.3 Å². The van der Waals surface area contributed by atoms with Crippen molar-refractivity contribution in [2.24, 2.45) is 0 Å². The van der Waals surface area contributed by atoms with Crippen LogP contribution in [0.25, 0.3) is 0 Å². The lowest BCUT2D eigenvalue weighted by molar-refractivity contribution is -0.119. The Hall–Kier alpha value is -1.33. The van der Waals surface area contributed by atoms with E-state index in [4.69, 9.17) is 0 Å². The fourth-order valence-corrected chi connectivity index (χ4v) is 4.49. The third kappa shape index (κ3) is 3.52. The second-order valence-corrected chi connectivity index (χ2v) is 7.90. The Morgan fingerprint density at radius 1 is 1.36 bits per heavy atom. The van der Waals surface area contributed by atoms with Crippen LogP contribution in [-0.4, -0.2) is 23.2 Å². The molecule has 1 heterocycles. The SMILES string of the molecule is Cc1csc(SCC(=O)NCC2(c3ccccc3)CCC2)n1. The topological polar surface area (TPSA) is 42.0 Å². The van der Waals surface area contributed by atoms with Gasteiger partial charge in [0.05, 0.1) is 5.75 Å². The predicted octanol–water partition coefficient (Wildman–Crippen LogP) is 3.78. The fraction of sp³-hybridized carbons (Fsp3) is 0.412. The van der Waals surface area contributed by atoms with Crippen LogP contribution in [0.4, 0.5) is 0 Å². The first-order valence-electron chi connectivity index (χ1n) is 7.55. The number of carbonyl (C=O) groups excluding carboxylic acids is 1. The summed E-state index contributed by atoms with van der Waals surface area (Å²) < 4.78 is 0.967. The highest BCUT2D eigenvalue weighted by Crippen LogP contribution is 2.43. The van der Waals surface area contributed by atoms with Gasteiger partial charge in [-0.05, 0) is 25.3 Å². The minimum Gasteiger partial charge on any atom is -0.354 e. The van der Waals surface area contributed by atoms with Crippen LogP contribution in [0, 0.1) is 6.92 Å². The molecule has 0 unspecified atom stereocenters. The van der Waals surface area contributed by atoms with Crippen LogP contribution < -0.4 is 5.32 Å². The number of aryl methyl sites for hydroxylation is 1. The zero-order valence-electron chi connectivity index (χ0n) is 12.7. The van der Waals surface area contributed by atoms with E-state index in [1.165, 1.54) is 23.7 Å². The van der Waals surface area contributed by atoms with E-state index < -0.39 is 0 Å². The van der Waals surface area contributed by atoms with Gasteiger partial charge in [-0.3, -0.25) is 4.79 Å². The van der Waals surface area contributed by atoms with Crippen molar-refractivity contribution < 1.29 is 4.79 Å². The molecular formula is C17H20N2OS2. The molecule has 1 N–H and O–H groups in total. The number of hydrogen-bond acceptors (Lipinski definition) is 4. The summed E-state index contributed by atoms with van der Waals surface area (Å²) in [5, 5.41) is 5.13. The molecule has 0 aliphatic heterocycles. The normalized spacial score (nSPS) is 16.0. The van der Waals surface area contributed by atoms with Gasteiger partial charge in [-0.2, -0.15) is 0 Å². The number of carbonyl (C=O) groups is 1. The number of benzene rings is 1. The Morgan fingerprint density at radius 3 is 2.73 bits per heavy atom. The van der Waals surface area contributed by atoms with E-state index in [2.05, 4.69) is 34.6 Å². The van der Waals surface area contributed by atoms with Crippen molar-refractivity contribution in [3.05, 3.63) is 47.0 Å². The van der Waals surface area contributed by atoms with Gasteiger partial charge in [0.2, 0.25) is 5.91 Å². The van der Waals surface area contributed by atoms with E-state index in [1.807, 2.05) is 18.4 Å². The minimum atomic E-state index is 0.0973. The summed E-state index contributed by atoms with van der Waals surface area (Å²) >= 11 is 3.12. The second kappa shape index (κ2) is 6.84. The first kappa shape index (κ1) is 15.6. The molecule has 3 nitrogen and oxygen atoms in total. The Balaban J connectivity index is 1.51. The van der Waals surface area contributed by atoms with Crippen LogP contribution >= 0.6 is 23.1 Å². The molecule has 1 aromatic carbocycles. The van der Waals surface area contributed by atoms with E-state index in [0.717, 1.165) is 29.4 Å². The second-order valence-electron chi connectivity index (χ2n) is 5.82. The molecule has 1 aliphatic rings. The van der Waals surface area contributed by atoms with Gasteiger partial charge in [0.1, 0.15) is 0 Å². The minimum absolute atomic E-state index is 0.0973. The molecule has 1 aliphatic carbocycles. The van der Waals surface area contributed by atoms with E-state index in [0.29, 0.717) is 5.75 Å². The van der Waals surface area contributed by atoms with Crippen molar-refractivity contribution in [3.63, 3.8) is 0 Å². The summed E-state index contributed by atoms with van der Waals surface area (Å²) in [6.45, 7) is 2.72. The summed E-state index contributed by atoms with van der Waals surface area (Å²) in [6, 6.07) is 10.6. The summed E-state index contributed by atoms with van der Waals surface area (Å²) in [4.78, 5) is 16.5. The number of hydrogen-bond donors (Lipinski definition) is 1.